The Morgan fingerprint density at radius 3 is 2.84 bits per heavy atom. The summed E-state index contributed by atoms with van der Waals surface area (Å²) in [5, 5.41) is 10.9. The minimum absolute atomic E-state index is 0.0492. The molecule has 32 heavy (non-hydrogen) atoms. The van der Waals surface area contributed by atoms with Crippen molar-refractivity contribution in [2.45, 2.75) is 43.3 Å². The van der Waals surface area contributed by atoms with Gasteiger partial charge in [-0.15, -0.1) is 0 Å². The summed E-state index contributed by atoms with van der Waals surface area (Å²) in [6, 6.07) is 11.5. The molecule has 1 amide bonds. The molecule has 2 atom stereocenters. The highest BCUT2D eigenvalue weighted by molar-refractivity contribution is 6.11. The van der Waals surface area contributed by atoms with Crippen LogP contribution in [0.15, 0.2) is 60.5 Å². The Hall–Kier alpha value is -3.12. The lowest BCUT2D eigenvalue weighted by molar-refractivity contribution is -0.122. The number of nitrogens with zero attached hydrogens (tertiary/aromatic N) is 1. The molecule has 2 aromatic carbocycles. The second-order valence-electron chi connectivity index (χ2n) is 8.99. The number of aliphatic hydroxyl groups excluding tert-OH is 1. The van der Waals surface area contributed by atoms with Crippen LogP contribution in [0, 0.1) is 0 Å². The molecule has 6 heteroatoms. The molecule has 2 aromatic rings. The summed E-state index contributed by atoms with van der Waals surface area (Å²) in [5.41, 5.74) is 1.83. The predicted molar refractivity (Wildman–Crippen MR) is 118 cm³/mol. The fraction of sp³-hybridized carbons (Fsp3) is 0.346. The molecular formula is C26H24FNO4. The molecule has 6 rings (SSSR count). The SMILES string of the molecule is CC=C(F)C=CCCN1C(=O)C2(COc3cc4c(cc32)C(O)C2(CC2)O4)c2ccccc21. The van der Waals surface area contributed by atoms with Gasteiger partial charge < -0.3 is 19.5 Å². The summed E-state index contributed by atoms with van der Waals surface area (Å²) in [6.07, 6.45) is 6.07. The predicted octanol–water partition coefficient (Wildman–Crippen LogP) is 4.49. The monoisotopic (exact) mass is 433 g/mol. The first kappa shape index (κ1) is 19.6. The molecule has 1 N–H and O–H groups in total. The summed E-state index contributed by atoms with van der Waals surface area (Å²) < 4.78 is 25.5. The molecular weight excluding hydrogens is 409 g/mol. The molecule has 1 saturated carbocycles. The van der Waals surface area contributed by atoms with Gasteiger partial charge in [0.1, 0.15) is 41.1 Å². The number of allylic oxidation sites excluding steroid dienone is 3. The van der Waals surface area contributed by atoms with E-state index < -0.39 is 17.1 Å². The van der Waals surface area contributed by atoms with Gasteiger partial charge in [0.15, 0.2) is 0 Å². The van der Waals surface area contributed by atoms with Crippen LogP contribution in [0.1, 0.15) is 49.0 Å². The van der Waals surface area contributed by atoms with Crippen molar-refractivity contribution in [1.29, 1.82) is 0 Å². The van der Waals surface area contributed by atoms with Gasteiger partial charge in [0.25, 0.3) is 0 Å². The fourth-order valence-corrected chi connectivity index (χ4v) is 5.30. The van der Waals surface area contributed by atoms with Crippen molar-refractivity contribution in [2.75, 3.05) is 18.1 Å². The van der Waals surface area contributed by atoms with Crippen molar-refractivity contribution in [1.82, 2.24) is 0 Å². The number of ether oxygens (including phenoxy) is 2. The third kappa shape index (κ3) is 2.50. The average Bonchev–Trinajstić information content (AvgIpc) is 3.34. The van der Waals surface area contributed by atoms with Crippen LogP contribution in [0.3, 0.4) is 0 Å². The lowest BCUT2D eigenvalue weighted by atomic mass is 9.76. The zero-order valence-corrected chi connectivity index (χ0v) is 17.8. The number of benzene rings is 2. The van der Waals surface area contributed by atoms with Gasteiger partial charge in [-0.3, -0.25) is 4.79 Å². The molecule has 5 nitrogen and oxygen atoms in total. The van der Waals surface area contributed by atoms with Crippen LogP contribution in [0.2, 0.25) is 0 Å². The Kier molecular flexibility index (Phi) is 4.09. The Balaban J connectivity index is 1.39. The van der Waals surface area contributed by atoms with Crippen molar-refractivity contribution in [3.05, 3.63) is 77.1 Å². The van der Waals surface area contributed by atoms with Crippen LogP contribution in [0.25, 0.3) is 0 Å². The van der Waals surface area contributed by atoms with Crippen molar-refractivity contribution < 1.29 is 23.8 Å². The second kappa shape index (κ2) is 6.69. The third-order valence-corrected chi connectivity index (χ3v) is 7.20. The number of para-hydroxylation sites is 1. The number of aliphatic hydroxyl groups is 1. The van der Waals surface area contributed by atoms with Crippen LogP contribution in [0.5, 0.6) is 11.5 Å². The fourth-order valence-electron chi connectivity index (χ4n) is 5.30. The smallest absolute Gasteiger partial charge is 0.245 e. The number of rotatable bonds is 4. The van der Waals surface area contributed by atoms with E-state index in [-0.39, 0.29) is 18.3 Å². The van der Waals surface area contributed by atoms with Gasteiger partial charge in [0, 0.05) is 29.4 Å². The largest absolute Gasteiger partial charge is 0.491 e. The quantitative estimate of drug-likeness (QED) is 0.722. The van der Waals surface area contributed by atoms with E-state index in [9.17, 15) is 14.3 Å². The molecule has 2 spiro atoms. The lowest BCUT2D eigenvalue weighted by Gasteiger charge is -2.23. The van der Waals surface area contributed by atoms with E-state index in [1.54, 1.807) is 17.9 Å². The summed E-state index contributed by atoms with van der Waals surface area (Å²) >= 11 is 0. The van der Waals surface area contributed by atoms with Gasteiger partial charge >= 0.3 is 0 Å². The zero-order valence-electron chi connectivity index (χ0n) is 17.8. The van der Waals surface area contributed by atoms with E-state index in [0.717, 1.165) is 35.2 Å². The molecule has 0 radical (unpaired) electrons. The highest BCUT2D eigenvalue weighted by Gasteiger charge is 2.60. The highest BCUT2D eigenvalue weighted by Crippen LogP contribution is 2.60. The van der Waals surface area contributed by atoms with E-state index in [4.69, 9.17) is 9.47 Å². The van der Waals surface area contributed by atoms with Crippen molar-refractivity contribution in [2.24, 2.45) is 0 Å². The molecule has 2 unspecified atom stereocenters. The minimum atomic E-state index is -0.946. The highest BCUT2D eigenvalue weighted by atomic mass is 19.1. The molecule has 4 aliphatic rings. The van der Waals surface area contributed by atoms with Crippen molar-refractivity contribution in [3.63, 3.8) is 0 Å². The number of anilines is 1. The molecule has 1 fully saturated rings. The summed E-state index contributed by atoms with van der Waals surface area (Å²) in [5.74, 6) is 0.939. The van der Waals surface area contributed by atoms with Crippen LogP contribution in [0.4, 0.5) is 10.1 Å². The molecule has 164 valence electrons. The number of halogens is 1. The van der Waals surface area contributed by atoms with Gasteiger partial charge in [-0.1, -0.05) is 30.4 Å². The van der Waals surface area contributed by atoms with Gasteiger partial charge in [0.2, 0.25) is 5.91 Å². The number of hydrogen-bond donors (Lipinski definition) is 1. The molecule has 0 saturated heterocycles. The summed E-state index contributed by atoms with van der Waals surface area (Å²) in [4.78, 5) is 15.7. The summed E-state index contributed by atoms with van der Waals surface area (Å²) in [7, 11) is 0. The topological polar surface area (TPSA) is 59.0 Å². The third-order valence-electron chi connectivity index (χ3n) is 7.20. The van der Waals surface area contributed by atoms with Crippen LogP contribution in [-0.2, 0) is 10.2 Å². The van der Waals surface area contributed by atoms with Gasteiger partial charge in [-0.25, -0.2) is 4.39 Å². The minimum Gasteiger partial charge on any atom is -0.491 e. The Morgan fingerprint density at radius 1 is 1.25 bits per heavy atom. The number of fused-ring (bicyclic) bond motifs is 5. The first-order valence-electron chi connectivity index (χ1n) is 11.1. The molecule has 3 heterocycles. The lowest BCUT2D eigenvalue weighted by Crippen LogP contribution is -2.42. The van der Waals surface area contributed by atoms with E-state index >= 15 is 0 Å². The summed E-state index contributed by atoms with van der Waals surface area (Å²) in [6.45, 7) is 2.30. The van der Waals surface area contributed by atoms with E-state index in [0.29, 0.717) is 24.5 Å². The second-order valence-corrected chi connectivity index (χ2v) is 8.99. The van der Waals surface area contributed by atoms with Crippen molar-refractivity contribution >= 4 is 11.6 Å². The standard InChI is InChI=1S/C26H24FNO4/c1-2-16(27)7-5-6-12-28-20-9-4-3-8-18(20)26(24(28)30)15-31-22-14-21-17(13-19(22)26)23(29)25(32-21)10-11-25/h2-5,7-9,13-14,23,29H,6,10-12,15H2,1H3. The normalized spacial score (nSPS) is 26.5. The number of carbonyl (C=O) groups excluding carboxylic acids is 1. The first-order valence-corrected chi connectivity index (χ1v) is 11.1. The maximum Gasteiger partial charge on any atom is 0.245 e. The van der Waals surface area contributed by atoms with E-state index in [1.807, 2.05) is 36.4 Å². The van der Waals surface area contributed by atoms with Crippen LogP contribution >= 0.6 is 0 Å². The molecule has 3 aliphatic heterocycles. The first-order chi connectivity index (χ1) is 15.5. The van der Waals surface area contributed by atoms with E-state index in [1.165, 1.54) is 12.2 Å². The van der Waals surface area contributed by atoms with Gasteiger partial charge in [-0.2, -0.15) is 0 Å². The van der Waals surface area contributed by atoms with Crippen molar-refractivity contribution in [3.8, 4) is 11.5 Å². The zero-order chi connectivity index (χ0) is 22.1. The molecule has 0 aromatic heterocycles. The molecule has 0 bridgehead atoms. The van der Waals surface area contributed by atoms with Crippen LogP contribution < -0.4 is 14.4 Å². The number of amides is 1. The number of carbonyl (C=O) groups is 1. The maximum atomic E-state index is 13.9. The number of hydrogen-bond acceptors (Lipinski definition) is 4. The Labute approximate surface area is 185 Å². The Morgan fingerprint density at radius 2 is 2.06 bits per heavy atom. The van der Waals surface area contributed by atoms with Gasteiger partial charge in [-0.05, 0) is 50.0 Å². The average molecular weight is 433 g/mol. The van der Waals surface area contributed by atoms with Crippen LogP contribution in [-0.4, -0.2) is 29.8 Å². The maximum absolute atomic E-state index is 13.9. The Bertz CT molecular complexity index is 1200. The van der Waals surface area contributed by atoms with E-state index in [2.05, 4.69) is 0 Å². The van der Waals surface area contributed by atoms with Gasteiger partial charge in [0.05, 0.1) is 0 Å². The molecule has 1 aliphatic carbocycles.